The van der Waals surface area contributed by atoms with Gasteiger partial charge in [0.2, 0.25) is 12.7 Å². The van der Waals surface area contributed by atoms with Crippen molar-refractivity contribution in [2.24, 2.45) is 0 Å². The fourth-order valence-electron chi connectivity index (χ4n) is 4.82. The highest BCUT2D eigenvalue weighted by atomic mass is 16.7. The van der Waals surface area contributed by atoms with E-state index in [2.05, 4.69) is 5.32 Å². The topological polar surface area (TPSA) is 86.3 Å². The molecule has 2 amide bonds. The predicted octanol–water partition coefficient (Wildman–Crippen LogP) is 4.70. The molecule has 1 N–H and O–H groups in total. The molecule has 0 aromatic heterocycles. The first-order valence-corrected chi connectivity index (χ1v) is 11.7. The summed E-state index contributed by atoms with van der Waals surface area (Å²) in [6.07, 6.45) is 0.285. The minimum absolute atomic E-state index is 0.117. The summed E-state index contributed by atoms with van der Waals surface area (Å²) in [6, 6.07) is 15.5. The molecule has 36 heavy (non-hydrogen) atoms. The molecule has 3 aromatic carbocycles. The van der Waals surface area contributed by atoms with Gasteiger partial charge in [-0.15, -0.1) is 0 Å². The molecule has 2 aliphatic rings. The highest BCUT2D eigenvalue weighted by molar-refractivity contribution is 6.00. The highest BCUT2D eigenvalue weighted by Crippen LogP contribution is 2.45. The molecule has 8 nitrogen and oxygen atoms in total. The minimum Gasteiger partial charge on any atom is -0.493 e. The lowest BCUT2D eigenvalue weighted by atomic mass is 9.88. The van der Waals surface area contributed by atoms with E-state index in [9.17, 15) is 9.59 Å². The van der Waals surface area contributed by atoms with E-state index in [-0.39, 0.29) is 31.1 Å². The number of rotatable bonds is 7. The second kappa shape index (κ2) is 9.45. The maximum absolute atomic E-state index is 13.9. The summed E-state index contributed by atoms with van der Waals surface area (Å²) < 4.78 is 21.8. The van der Waals surface area contributed by atoms with Crippen molar-refractivity contribution in [3.05, 3.63) is 76.9 Å². The summed E-state index contributed by atoms with van der Waals surface area (Å²) in [5.41, 5.74) is 4.13. The summed E-state index contributed by atoms with van der Waals surface area (Å²) in [5, 5.41) is 3.08. The highest BCUT2D eigenvalue weighted by Gasteiger charge is 2.45. The Morgan fingerprint density at radius 1 is 0.972 bits per heavy atom. The molecule has 0 radical (unpaired) electrons. The number of ether oxygens (including phenoxy) is 4. The number of likely N-dealkylation sites (tertiary alicyclic amines) is 1. The number of β-lactam (4-membered cyclic amide) rings is 1. The lowest BCUT2D eigenvalue weighted by Gasteiger charge is -2.45. The number of nitrogens with one attached hydrogen (secondary N) is 1. The lowest BCUT2D eigenvalue weighted by Crippen LogP contribution is -2.51. The summed E-state index contributed by atoms with van der Waals surface area (Å²) in [6.45, 7) is 4.01. The van der Waals surface area contributed by atoms with Crippen molar-refractivity contribution in [3.8, 4) is 23.0 Å². The zero-order chi connectivity index (χ0) is 25.4. The van der Waals surface area contributed by atoms with Gasteiger partial charge in [-0.1, -0.05) is 30.3 Å². The third-order valence-electron chi connectivity index (χ3n) is 6.75. The smallest absolute Gasteiger partial charge is 0.251 e. The van der Waals surface area contributed by atoms with Crippen LogP contribution in [-0.4, -0.2) is 37.7 Å². The van der Waals surface area contributed by atoms with E-state index >= 15 is 0 Å². The zero-order valence-electron chi connectivity index (χ0n) is 20.7. The number of benzene rings is 3. The largest absolute Gasteiger partial charge is 0.493 e. The Kier molecular flexibility index (Phi) is 6.18. The van der Waals surface area contributed by atoms with Gasteiger partial charge in [0.15, 0.2) is 23.0 Å². The Labute approximate surface area is 209 Å². The number of hydrogen-bond donors (Lipinski definition) is 1. The maximum atomic E-state index is 13.9. The molecule has 2 unspecified atom stereocenters. The molecule has 3 aromatic rings. The molecule has 2 atom stereocenters. The summed E-state index contributed by atoms with van der Waals surface area (Å²) in [4.78, 5) is 28.6. The van der Waals surface area contributed by atoms with E-state index in [1.54, 1.807) is 37.3 Å². The minimum atomic E-state index is -0.877. The number of nitrogens with zero attached hydrogens (tertiary/aromatic N) is 1. The van der Waals surface area contributed by atoms with E-state index < -0.39 is 6.04 Å². The van der Waals surface area contributed by atoms with Crippen molar-refractivity contribution in [2.75, 3.05) is 26.3 Å². The third kappa shape index (κ3) is 4.08. The first kappa shape index (κ1) is 23.5. The van der Waals surface area contributed by atoms with E-state index in [0.717, 1.165) is 22.4 Å². The lowest BCUT2D eigenvalue weighted by molar-refractivity contribution is -0.154. The fourth-order valence-corrected chi connectivity index (χ4v) is 4.82. The second-order valence-electron chi connectivity index (χ2n) is 8.91. The van der Waals surface area contributed by atoms with Crippen LogP contribution in [0.2, 0.25) is 0 Å². The maximum Gasteiger partial charge on any atom is 0.251 e. The van der Waals surface area contributed by atoms with Crippen LogP contribution in [0.1, 0.15) is 40.8 Å². The molecule has 0 spiro atoms. The molecule has 2 aliphatic heterocycles. The van der Waals surface area contributed by atoms with Crippen molar-refractivity contribution < 1.29 is 28.5 Å². The zero-order valence-corrected chi connectivity index (χ0v) is 20.7. The van der Waals surface area contributed by atoms with Gasteiger partial charge in [0.25, 0.3) is 5.91 Å². The average Bonchev–Trinajstić information content (AvgIpc) is 3.35. The van der Waals surface area contributed by atoms with Crippen molar-refractivity contribution in [1.29, 1.82) is 0 Å². The SMILES string of the molecule is COc1ccc(C2CC(=O)N2C(C(=O)Nc2c(C)cccc2C)c2ccc3c(c2)OCO3)cc1OC. The van der Waals surface area contributed by atoms with Gasteiger partial charge in [-0.3, -0.25) is 9.59 Å². The molecule has 186 valence electrons. The van der Waals surface area contributed by atoms with E-state index in [1.165, 1.54) is 0 Å². The Balaban J connectivity index is 1.55. The van der Waals surface area contributed by atoms with Crippen LogP contribution in [0.5, 0.6) is 23.0 Å². The monoisotopic (exact) mass is 488 g/mol. The van der Waals surface area contributed by atoms with Gasteiger partial charge in [-0.2, -0.15) is 0 Å². The second-order valence-corrected chi connectivity index (χ2v) is 8.91. The van der Waals surface area contributed by atoms with Gasteiger partial charge in [0, 0.05) is 5.69 Å². The van der Waals surface area contributed by atoms with Crippen LogP contribution in [0.15, 0.2) is 54.6 Å². The Morgan fingerprint density at radius 2 is 1.69 bits per heavy atom. The van der Waals surface area contributed by atoms with Crippen LogP contribution in [0.4, 0.5) is 5.69 Å². The van der Waals surface area contributed by atoms with Crippen molar-refractivity contribution in [3.63, 3.8) is 0 Å². The Hall–Kier alpha value is -4.20. The normalized spacial score (nSPS) is 16.8. The average molecular weight is 489 g/mol. The third-order valence-corrected chi connectivity index (χ3v) is 6.75. The number of para-hydroxylation sites is 1. The van der Waals surface area contributed by atoms with E-state index in [0.29, 0.717) is 28.6 Å². The molecule has 0 aliphatic carbocycles. The van der Waals surface area contributed by atoms with Gasteiger partial charge in [0.1, 0.15) is 6.04 Å². The number of carbonyl (C=O) groups is 2. The van der Waals surface area contributed by atoms with E-state index in [4.69, 9.17) is 18.9 Å². The molecule has 2 heterocycles. The van der Waals surface area contributed by atoms with Gasteiger partial charge in [0.05, 0.1) is 26.7 Å². The molecule has 8 heteroatoms. The first-order valence-electron chi connectivity index (χ1n) is 11.7. The van der Waals surface area contributed by atoms with Crippen LogP contribution < -0.4 is 24.3 Å². The van der Waals surface area contributed by atoms with Gasteiger partial charge in [-0.25, -0.2) is 0 Å². The molecule has 1 fully saturated rings. The first-order chi connectivity index (χ1) is 17.4. The Morgan fingerprint density at radius 3 is 2.39 bits per heavy atom. The number of aryl methyl sites for hydroxylation is 2. The summed E-state index contributed by atoms with van der Waals surface area (Å²) in [5.74, 6) is 1.90. The number of fused-ring (bicyclic) bond motifs is 1. The van der Waals surface area contributed by atoms with Gasteiger partial charge in [-0.05, 0) is 60.4 Å². The van der Waals surface area contributed by atoms with Gasteiger partial charge >= 0.3 is 0 Å². The number of methoxy groups -OCH3 is 2. The van der Waals surface area contributed by atoms with Crippen LogP contribution in [0.3, 0.4) is 0 Å². The van der Waals surface area contributed by atoms with E-state index in [1.807, 2.05) is 50.2 Å². The molecule has 1 saturated heterocycles. The summed E-state index contributed by atoms with van der Waals surface area (Å²) >= 11 is 0. The number of amides is 2. The number of carbonyl (C=O) groups excluding carboxylic acids is 2. The van der Waals surface area contributed by atoms with Crippen LogP contribution in [0, 0.1) is 13.8 Å². The van der Waals surface area contributed by atoms with Crippen LogP contribution in [-0.2, 0) is 9.59 Å². The predicted molar refractivity (Wildman–Crippen MR) is 134 cm³/mol. The quantitative estimate of drug-likeness (QED) is 0.485. The van der Waals surface area contributed by atoms with Crippen molar-refractivity contribution in [2.45, 2.75) is 32.4 Å². The summed E-state index contributed by atoms with van der Waals surface area (Å²) in [7, 11) is 3.14. The number of hydrogen-bond acceptors (Lipinski definition) is 6. The number of anilines is 1. The Bertz CT molecular complexity index is 1320. The van der Waals surface area contributed by atoms with Crippen molar-refractivity contribution >= 4 is 17.5 Å². The van der Waals surface area contributed by atoms with Crippen LogP contribution in [0.25, 0.3) is 0 Å². The molecule has 0 bridgehead atoms. The van der Waals surface area contributed by atoms with Crippen LogP contribution >= 0.6 is 0 Å². The molecule has 5 rings (SSSR count). The fraction of sp³-hybridized carbons (Fsp3) is 0.286. The van der Waals surface area contributed by atoms with Crippen molar-refractivity contribution in [1.82, 2.24) is 4.90 Å². The standard InChI is InChI=1S/C28H28N2O6/c1-16-6-5-7-17(2)26(16)29-28(32)27(19-9-11-22-24(13-19)36-15-35-22)30-20(14-25(30)31)18-8-10-21(33-3)23(12-18)34-4/h5-13,20,27H,14-15H2,1-4H3,(H,29,32). The van der Waals surface area contributed by atoms with Gasteiger partial charge < -0.3 is 29.2 Å². The molecule has 0 saturated carbocycles. The molecular formula is C28H28N2O6. The molecular weight excluding hydrogens is 460 g/mol.